The van der Waals surface area contributed by atoms with Crippen LogP contribution in [0.5, 0.6) is 0 Å². The van der Waals surface area contributed by atoms with Crippen LogP contribution in [0.3, 0.4) is 0 Å². The maximum absolute atomic E-state index is 13.1. The highest BCUT2D eigenvalue weighted by Crippen LogP contribution is 2.45. The number of hydrogen-bond acceptors (Lipinski definition) is 15. The van der Waals surface area contributed by atoms with E-state index in [-0.39, 0.29) is 25.7 Å². The predicted octanol–water partition coefficient (Wildman–Crippen LogP) is 22.7. The van der Waals surface area contributed by atoms with Gasteiger partial charge in [-0.2, -0.15) is 0 Å². The molecule has 0 heterocycles. The fraction of sp³-hybridized carbons (Fsp3) is 0.897. The fourth-order valence-electron chi connectivity index (χ4n) is 11.4. The number of aliphatic hydroxyl groups is 1. The van der Waals surface area contributed by atoms with Crippen molar-refractivity contribution in [2.75, 3.05) is 39.6 Å². The van der Waals surface area contributed by atoms with Gasteiger partial charge < -0.3 is 33.8 Å². The van der Waals surface area contributed by atoms with Gasteiger partial charge in [0.05, 0.1) is 26.4 Å². The summed E-state index contributed by atoms with van der Waals surface area (Å²) in [4.78, 5) is 72.7. The van der Waals surface area contributed by atoms with Crippen LogP contribution in [0.25, 0.3) is 0 Å². The molecule has 0 aliphatic rings. The van der Waals surface area contributed by atoms with Crippen LogP contribution in [0.4, 0.5) is 0 Å². The first-order valence-electron chi connectivity index (χ1n) is 39.8. The van der Waals surface area contributed by atoms with Crippen LogP contribution < -0.4 is 0 Å². The third-order valence-corrected chi connectivity index (χ3v) is 19.8. The lowest BCUT2D eigenvalue weighted by Crippen LogP contribution is -2.30. The zero-order valence-corrected chi connectivity index (χ0v) is 64.7. The van der Waals surface area contributed by atoms with Gasteiger partial charge in [0.15, 0.2) is 12.2 Å². The summed E-state index contributed by atoms with van der Waals surface area (Å²) in [7, 11) is -9.92. The highest BCUT2D eigenvalue weighted by Gasteiger charge is 2.30. The Labute approximate surface area is 592 Å². The lowest BCUT2D eigenvalue weighted by Gasteiger charge is -2.21. The van der Waals surface area contributed by atoms with E-state index in [0.29, 0.717) is 31.6 Å². The third kappa shape index (κ3) is 70.4. The van der Waals surface area contributed by atoms with Crippen molar-refractivity contribution in [3.8, 4) is 0 Å². The highest BCUT2D eigenvalue weighted by atomic mass is 31.2. The van der Waals surface area contributed by atoms with Crippen molar-refractivity contribution < 1.29 is 80.2 Å². The normalized spacial score (nSPS) is 14.4. The zero-order valence-electron chi connectivity index (χ0n) is 62.9. The average molecular weight is 1420 g/mol. The van der Waals surface area contributed by atoms with Crippen molar-refractivity contribution in [1.82, 2.24) is 0 Å². The van der Waals surface area contributed by atoms with Crippen molar-refractivity contribution in [3.05, 3.63) is 24.3 Å². The third-order valence-electron chi connectivity index (χ3n) is 17.9. The summed E-state index contributed by atoms with van der Waals surface area (Å²) in [5.74, 6) is -0.584. The van der Waals surface area contributed by atoms with Crippen LogP contribution in [0.15, 0.2) is 24.3 Å². The van der Waals surface area contributed by atoms with Crippen LogP contribution in [-0.2, 0) is 65.4 Å². The number of aliphatic hydroxyl groups excluding tert-OH is 1. The number of phosphoric acid groups is 2. The minimum atomic E-state index is -4.97. The van der Waals surface area contributed by atoms with E-state index in [2.05, 4.69) is 65.8 Å². The number of phosphoric ester groups is 2. The van der Waals surface area contributed by atoms with E-state index in [0.717, 1.165) is 115 Å². The molecule has 0 radical (unpaired) electrons. The van der Waals surface area contributed by atoms with Gasteiger partial charge in [0.1, 0.15) is 19.3 Å². The quantitative estimate of drug-likeness (QED) is 0.0169. The van der Waals surface area contributed by atoms with E-state index < -0.39 is 97.5 Å². The monoisotopic (exact) mass is 1420 g/mol. The second-order valence-corrected chi connectivity index (χ2v) is 31.0. The maximum atomic E-state index is 13.1. The van der Waals surface area contributed by atoms with Gasteiger partial charge in [-0.1, -0.05) is 329 Å². The molecule has 0 aliphatic carbocycles. The maximum Gasteiger partial charge on any atom is 0.472 e. The van der Waals surface area contributed by atoms with Crippen LogP contribution in [0, 0.1) is 11.8 Å². The summed E-state index contributed by atoms with van der Waals surface area (Å²) in [5.41, 5.74) is 0. The van der Waals surface area contributed by atoms with E-state index >= 15 is 0 Å². The number of ether oxygens (including phenoxy) is 4. The summed E-state index contributed by atoms with van der Waals surface area (Å²) in [5, 5.41) is 10.6. The molecular weight excluding hydrogens is 1270 g/mol. The second kappa shape index (κ2) is 69.3. The van der Waals surface area contributed by atoms with Crippen molar-refractivity contribution in [2.24, 2.45) is 11.8 Å². The molecule has 0 aromatic rings. The first-order valence-corrected chi connectivity index (χ1v) is 42.8. The number of carbonyl (C=O) groups is 4. The number of allylic oxidation sites excluding steroid dienone is 4. The Morgan fingerprint density at radius 3 is 0.928 bits per heavy atom. The fourth-order valence-corrected chi connectivity index (χ4v) is 13.0. The standard InChI is InChI=1S/C78H148O17P2/c1-7-10-12-14-16-18-20-21-26-30-33-37-43-49-55-61-76(81)89-66-73(94-77(82)62-56-50-44-38-34-31-28-25-23-22-24-27-29-32-35-41-47-53-59-71(6)9-3)68-92-96(84,85)90-64-72(79)65-91-97(86,87)93-69-74(95-78(83)63-57-51-45-39-40-46-52-58-70(4)5)67-88-75(80)60-54-48-42-36-19-17-15-13-11-8-2/h18,20-21,26,70-74,79H,7-17,19,22-25,27-69H2,1-6H3,(H,84,85)(H,86,87)/b20-18-,26-21-/t71?,72-,73-,74-/m1/s1. The van der Waals surface area contributed by atoms with Gasteiger partial charge in [-0.3, -0.25) is 37.3 Å². The molecule has 0 aliphatic heterocycles. The van der Waals surface area contributed by atoms with Gasteiger partial charge in [0, 0.05) is 25.7 Å². The number of unbranched alkanes of at least 4 members (excludes halogenated alkanes) is 41. The van der Waals surface area contributed by atoms with E-state index in [1.807, 2.05) is 0 Å². The van der Waals surface area contributed by atoms with Crippen molar-refractivity contribution in [1.29, 1.82) is 0 Å². The van der Waals surface area contributed by atoms with Gasteiger partial charge in [-0.05, 0) is 63.2 Å². The zero-order chi connectivity index (χ0) is 71.4. The Balaban J connectivity index is 5.22. The molecule has 97 heavy (non-hydrogen) atoms. The molecule has 0 aromatic carbocycles. The first-order chi connectivity index (χ1) is 46.9. The van der Waals surface area contributed by atoms with E-state index in [1.54, 1.807) is 0 Å². The van der Waals surface area contributed by atoms with Gasteiger partial charge in [0.25, 0.3) is 0 Å². The first kappa shape index (κ1) is 94.5. The Hall–Kier alpha value is -2.46. The molecule has 19 heteroatoms. The number of esters is 4. The summed E-state index contributed by atoms with van der Waals surface area (Å²) in [6.07, 6.45) is 60.6. The Kier molecular flexibility index (Phi) is 67.5. The smallest absolute Gasteiger partial charge is 0.462 e. The Morgan fingerprint density at radius 1 is 0.340 bits per heavy atom. The number of rotatable bonds is 75. The van der Waals surface area contributed by atoms with Crippen LogP contribution in [0.1, 0.15) is 382 Å². The molecular formula is C78H148O17P2. The minimum Gasteiger partial charge on any atom is -0.462 e. The number of hydrogen-bond donors (Lipinski definition) is 3. The topological polar surface area (TPSA) is 237 Å². The molecule has 3 unspecified atom stereocenters. The van der Waals surface area contributed by atoms with Crippen molar-refractivity contribution >= 4 is 39.5 Å². The summed E-state index contributed by atoms with van der Waals surface area (Å²) in [6.45, 7) is 9.53. The molecule has 17 nitrogen and oxygen atoms in total. The molecule has 0 fully saturated rings. The highest BCUT2D eigenvalue weighted by molar-refractivity contribution is 7.47. The Bertz CT molecular complexity index is 1970. The molecule has 0 spiro atoms. The molecule has 0 amide bonds. The average Bonchev–Trinajstić information content (AvgIpc) is 1.14. The van der Waals surface area contributed by atoms with Gasteiger partial charge in [-0.25, -0.2) is 9.13 Å². The predicted molar refractivity (Wildman–Crippen MR) is 395 cm³/mol. The van der Waals surface area contributed by atoms with Crippen LogP contribution >= 0.6 is 15.6 Å². The van der Waals surface area contributed by atoms with Crippen LogP contribution in [-0.4, -0.2) is 96.7 Å². The van der Waals surface area contributed by atoms with E-state index in [9.17, 15) is 43.2 Å². The van der Waals surface area contributed by atoms with Gasteiger partial charge >= 0.3 is 39.5 Å². The summed E-state index contributed by atoms with van der Waals surface area (Å²) < 4.78 is 68.4. The largest absolute Gasteiger partial charge is 0.472 e. The van der Waals surface area contributed by atoms with E-state index in [4.69, 9.17) is 37.0 Å². The number of carbonyl (C=O) groups excluding carboxylic acids is 4. The molecule has 0 saturated heterocycles. The van der Waals surface area contributed by atoms with Crippen LogP contribution in [0.2, 0.25) is 0 Å². The SMILES string of the molecule is CCCCCC/C=C\C=C/CCCCCCCC(=O)OC[C@H](COP(=O)(O)OC[C@@H](O)COP(=O)(O)OC[C@@H](COC(=O)CCCCCCCCCCCC)OC(=O)CCCCCCCCCC(C)C)OC(=O)CCCCCCCCCCCCCCCCCCCCC(C)CC. The summed E-state index contributed by atoms with van der Waals surface area (Å²) >= 11 is 0. The van der Waals surface area contributed by atoms with E-state index in [1.165, 1.54) is 180 Å². The molecule has 6 atom stereocenters. The minimum absolute atomic E-state index is 0.101. The Morgan fingerprint density at radius 2 is 0.608 bits per heavy atom. The molecule has 0 rings (SSSR count). The lowest BCUT2D eigenvalue weighted by atomic mass is 9.99. The lowest BCUT2D eigenvalue weighted by molar-refractivity contribution is -0.161. The van der Waals surface area contributed by atoms with Gasteiger partial charge in [0.2, 0.25) is 0 Å². The van der Waals surface area contributed by atoms with Gasteiger partial charge in [-0.15, -0.1) is 0 Å². The molecule has 0 bridgehead atoms. The molecule has 0 saturated carbocycles. The molecule has 572 valence electrons. The van der Waals surface area contributed by atoms with Crippen molar-refractivity contribution in [2.45, 2.75) is 400 Å². The second-order valence-electron chi connectivity index (χ2n) is 28.1. The van der Waals surface area contributed by atoms with Crippen molar-refractivity contribution in [3.63, 3.8) is 0 Å². The molecule has 3 N–H and O–H groups in total. The summed E-state index contributed by atoms with van der Waals surface area (Å²) in [6, 6.07) is 0. The molecule has 0 aromatic heterocycles.